The number of hydrogen-bond acceptors (Lipinski definition) is 4. The third kappa shape index (κ3) is 3.40. The van der Waals surface area contributed by atoms with Crippen LogP contribution in [-0.4, -0.2) is 34.2 Å². The maximum absolute atomic E-state index is 12.3. The molecule has 0 amide bonds. The minimum Gasteiger partial charge on any atom is -0.461 e. The molecule has 1 aliphatic heterocycles. The molecule has 2 aromatic rings. The Labute approximate surface area is 154 Å². The van der Waals surface area contributed by atoms with Gasteiger partial charge in [-0.3, -0.25) is 4.79 Å². The SMILES string of the molecule is C[C@H](NCCC1c2ccccc2-c2cncn21)C(=O)OC1CCCCC1. The number of hydrogen-bond donors (Lipinski definition) is 1. The van der Waals surface area contributed by atoms with Gasteiger partial charge < -0.3 is 14.6 Å². The lowest BCUT2D eigenvalue weighted by atomic mass is 9.98. The molecule has 5 heteroatoms. The smallest absolute Gasteiger partial charge is 0.323 e. The second-order valence-electron chi connectivity index (χ2n) is 7.45. The van der Waals surface area contributed by atoms with E-state index in [0.717, 1.165) is 25.8 Å². The van der Waals surface area contributed by atoms with Gasteiger partial charge in [0.05, 0.1) is 24.3 Å². The van der Waals surface area contributed by atoms with Crippen LogP contribution in [0.5, 0.6) is 0 Å². The van der Waals surface area contributed by atoms with Gasteiger partial charge in [-0.25, -0.2) is 4.98 Å². The largest absolute Gasteiger partial charge is 0.461 e. The van der Waals surface area contributed by atoms with Crippen molar-refractivity contribution >= 4 is 5.97 Å². The number of nitrogens with zero attached hydrogens (tertiary/aromatic N) is 2. The maximum Gasteiger partial charge on any atom is 0.323 e. The molecule has 1 aliphatic carbocycles. The summed E-state index contributed by atoms with van der Waals surface area (Å²) in [5.74, 6) is -0.118. The number of aromatic nitrogens is 2. The predicted molar refractivity (Wildman–Crippen MR) is 101 cm³/mol. The molecule has 4 rings (SSSR count). The van der Waals surface area contributed by atoms with Crippen LogP contribution in [-0.2, 0) is 9.53 Å². The molecule has 138 valence electrons. The van der Waals surface area contributed by atoms with Gasteiger partial charge in [-0.1, -0.05) is 30.7 Å². The molecule has 0 saturated heterocycles. The van der Waals surface area contributed by atoms with Crippen LogP contribution < -0.4 is 5.32 Å². The number of nitrogens with one attached hydrogen (secondary N) is 1. The van der Waals surface area contributed by atoms with Crippen molar-refractivity contribution in [1.29, 1.82) is 0 Å². The maximum atomic E-state index is 12.3. The van der Waals surface area contributed by atoms with Crippen molar-refractivity contribution < 1.29 is 9.53 Å². The second-order valence-corrected chi connectivity index (χ2v) is 7.45. The molecule has 0 spiro atoms. The highest BCUT2D eigenvalue weighted by molar-refractivity contribution is 5.75. The number of carbonyl (C=O) groups is 1. The van der Waals surface area contributed by atoms with Crippen LogP contribution in [0.15, 0.2) is 36.8 Å². The van der Waals surface area contributed by atoms with Crippen LogP contribution in [0.3, 0.4) is 0 Å². The predicted octanol–water partition coefficient (Wildman–Crippen LogP) is 3.70. The summed E-state index contributed by atoms with van der Waals surface area (Å²) in [6, 6.07) is 8.51. The van der Waals surface area contributed by atoms with Gasteiger partial charge in [0.25, 0.3) is 0 Å². The standard InChI is InChI=1S/C21H27N3O2/c1-15(21(25)26-16-7-3-2-4-8-16)23-12-11-19-17-9-5-6-10-18(17)20-13-22-14-24(19)20/h5-6,9-10,13-16,19,23H,2-4,7-8,11-12H2,1H3/t15-,19?/m0/s1. The molecular weight excluding hydrogens is 326 g/mol. The van der Waals surface area contributed by atoms with Gasteiger partial charge in [0.2, 0.25) is 0 Å². The minimum absolute atomic E-state index is 0.118. The van der Waals surface area contributed by atoms with Gasteiger partial charge in [-0.05, 0) is 51.1 Å². The fourth-order valence-corrected chi connectivity index (χ4v) is 4.20. The Morgan fingerprint density at radius 3 is 2.96 bits per heavy atom. The average molecular weight is 353 g/mol. The number of imidazole rings is 1. The summed E-state index contributed by atoms with van der Waals surface area (Å²) in [5.41, 5.74) is 3.78. The van der Waals surface area contributed by atoms with Crippen LogP contribution in [0.1, 0.15) is 57.1 Å². The molecule has 2 heterocycles. The van der Waals surface area contributed by atoms with Crippen LogP contribution in [0.2, 0.25) is 0 Å². The lowest BCUT2D eigenvalue weighted by Gasteiger charge is -2.24. The molecule has 26 heavy (non-hydrogen) atoms. The average Bonchev–Trinajstić information content (AvgIpc) is 3.25. The van der Waals surface area contributed by atoms with Gasteiger partial charge in [0.15, 0.2) is 0 Å². The molecule has 1 N–H and O–H groups in total. The summed E-state index contributed by atoms with van der Waals surface area (Å²) in [4.78, 5) is 16.6. The topological polar surface area (TPSA) is 56.2 Å². The molecule has 2 atom stereocenters. The van der Waals surface area contributed by atoms with E-state index in [0.29, 0.717) is 0 Å². The molecular formula is C21H27N3O2. The summed E-state index contributed by atoms with van der Waals surface area (Å²) >= 11 is 0. The van der Waals surface area contributed by atoms with E-state index in [1.807, 2.05) is 19.4 Å². The fourth-order valence-electron chi connectivity index (χ4n) is 4.20. The third-order valence-corrected chi connectivity index (χ3v) is 5.65. The van der Waals surface area contributed by atoms with Crippen molar-refractivity contribution in [1.82, 2.24) is 14.9 Å². The van der Waals surface area contributed by atoms with Crippen molar-refractivity contribution in [3.63, 3.8) is 0 Å². The summed E-state index contributed by atoms with van der Waals surface area (Å²) in [6.45, 7) is 2.66. The molecule has 0 radical (unpaired) electrons. The number of carbonyl (C=O) groups excluding carboxylic acids is 1. The van der Waals surface area contributed by atoms with Crippen molar-refractivity contribution in [2.75, 3.05) is 6.54 Å². The molecule has 1 aromatic heterocycles. The Kier molecular flexibility index (Phi) is 5.07. The first-order chi connectivity index (χ1) is 12.7. The number of ether oxygens (including phenoxy) is 1. The van der Waals surface area contributed by atoms with Crippen LogP contribution in [0, 0.1) is 0 Å². The Morgan fingerprint density at radius 2 is 2.12 bits per heavy atom. The van der Waals surface area contributed by atoms with Crippen molar-refractivity contribution in [3.05, 3.63) is 42.4 Å². The lowest BCUT2D eigenvalue weighted by Crippen LogP contribution is -2.38. The van der Waals surface area contributed by atoms with E-state index in [4.69, 9.17) is 4.74 Å². The van der Waals surface area contributed by atoms with Crippen LogP contribution in [0.4, 0.5) is 0 Å². The highest BCUT2D eigenvalue weighted by atomic mass is 16.5. The van der Waals surface area contributed by atoms with Crippen molar-refractivity contribution in [2.45, 2.75) is 63.6 Å². The van der Waals surface area contributed by atoms with E-state index in [1.165, 1.54) is 36.1 Å². The first-order valence-corrected chi connectivity index (χ1v) is 9.79. The third-order valence-electron chi connectivity index (χ3n) is 5.65. The minimum atomic E-state index is -0.268. The molecule has 2 aliphatic rings. The summed E-state index contributed by atoms with van der Waals surface area (Å²) in [6.07, 6.45) is 10.5. The van der Waals surface area contributed by atoms with Crippen molar-refractivity contribution in [3.8, 4) is 11.3 Å². The molecule has 1 aromatic carbocycles. The zero-order chi connectivity index (χ0) is 17.9. The zero-order valence-electron chi connectivity index (χ0n) is 15.4. The summed E-state index contributed by atoms with van der Waals surface area (Å²) in [7, 11) is 0. The first-order valence-electron chi connectivity index (χ1n) is 9.79. The lowest BCUT2D eigenvalue weighted by molar-refractivity contribution is -0.152. The van der Waals surface area contributed by atoms with Gasteiger partial charge in [-0.2, -0.15) is 0 Å². The fraction of sp³-hybridized carbons (Fsp3) is 0.524. The number of benzene rings is 1. The number of rotatable bonds is 6. The van der Waals surface area contributed by atoms with Gasteiger partial charge >= 0.3 is 5.97 Å². The second kappa shape index (κ2) is 7.62. The van der Waals surface area contributed by atoms with E-state index in [9.17, 15) is 4.79 Å². The zero-order valence-corrected chi connectivity index (χ0v) is 15.4. The quantitative estimate of drug-likeness (QED) is 0.805. The van der Waals surface area contributed by atoms with E-state index < -0.39 is 0 Å². The Balaban J connectivity index is 1.31. The monoisotopic (exact) mass is 353 g/mol. The molecule has 0 bridgehead atoms. The van der Waals surface area contributed by atoms with Crippen molar-refractivity contribution in [2.24, 2.45) is 0 Å². The summed E-state index contributed by atoms with van der Waals surface area (Å²) in [5, 5.41) is 3.34. The van der Waals surface area contributed by atoms with Gasteiger partial charge in [-0.15, -0.1) is 0 Å². The van der Waals surface area contributed by atoms with E-state index >= 15 is 0 Å². The number of esters is 1. The normalized spacial score (nSPS) is 20.4. The molecule has 1 unspecified atom stereocenters. The Morgan fingerprint density at radius 1 is 1.31 bits per heavy atom. The van der Waals surface area contributed by atoms with Gasteiger partial charge in [0.1, 0.15) is 12.1 Å². The van der Waals surface area contributed by atoms with Gasteiger partial charge in [0, 0.05) is 5.56 Å². The highest BCUT2D eigenvalue weighted by Crippen LogP contribution is 2.40. The van der Waals surface area contributed by atoms with Crippen LogP contribution >= 0.6 is 0 Å². The van der Waals surface area contributed by atoms with Crippen LogP contribution in [0.25, 0.3) is 11.3 Å². The molecule has 1 saturated carbocycles. The Hall–Kier alpha value is -2.14. The highest BCUT2D eigenvalue weighted by Gasteiger charge is 2.28. The first kappa shape index (κ1) is 17.3. The number of fused-ring (bicyclic) bond motifs is 3. The van der Waals surface area contributed by atoms with E-state index in [1.54, 1.807) is 0 Å². The Bertz CT molecular complexity index is 764. The molecule has 1 fully saturated rings. The van der Waals surface area contributed by atoms with E-state index in [-0.39, 0.29) is 24.2 Å². The molecule has 5 nitrogen and oxygen atoms in total. The van der Waals surface area contributed by atoms with E-state index in [2.05, 4.69) is 39.1 Å². The summed E-state index contributed by atoms with van der Waals surface area (Å²) < 4.78 is 7.89.